The number of ether oxygens (including phenoxy) is 1. The maximum atomic E-state index is 12.1. The van der Waals surface area contributed by atoms with Gasteiger partial charge in [-0.15, -0.1) is 0 Å². The lowest BCUT2D eigenvalue weighted by Crippen LogP contribution is -2.23. The number of carboxylic acids is 1. The Morgan fingerprint density at radius 2 is 1.75 bits per heavy atom. The first-order chi connectivity index (χ1) is 11.4. The molecule has 1 atom stereocenters. The lowest BCUT2D eigenvalue weighted by Gasteiger charge is -2.19. The van der Waals surface area contributed by atoms with E-state index in [1.807, 2.05) is 28.7 Å². The summed E-state index contributed by atoms with van der Waals surface area (Å²) in [5.74, 6) is -0.934. The van der Waals surface area contributed by atoms with E-state index >= 15 is 0 Å². The molecule has 0 aliphatic heterocycles. The molecule has 2 aromatic carbocycles. The molecule has 0 heterocycles. The molecule has 1 unspecified atom stereocenters. The fourth-order valence-electron chi connectivity index (χ4n) is 2.02. The molecule has 126 valence electrons. The first kappa shape index (κ1) is 19.7. The number of halogens is 3. The average molecular weight is 663 g/mol. The average Bonchev–Trinajstić information content (AvgIpc) is 2.54. The van der Waals surface area contributed by atoms with Gasteiger partial charge < -0.3 is 15.2 Å². The van der Waals surface area contributed by atoms with Crippen molar-refractivity contribution < 1.29 is 19.4 Å². The van der Waals surface area contributed by atoms with Crippen LogP contribution in [0.1, 0.15) is 22.0 Å². The minimum absolute atomic E-state index is 0.239. The van der Waals surface area contributed by atoms with Gasteiger partial charge in [0.1, 0.15) is 5.75 Å². The number of aliphatic carboxylic acids is 1. The Labute approximate surface area is 180 Å². The molecule has 0 aliphatic rings. The molecule has 0 aliphatic carbocycles. The number of rotatable bonds is 5. The highest BCUT2D eigenvalue weighted by molar-refractivity contribution is 14.1. The van der Waals surface area contributed by atoms with Gasteiger partial charge in [0, 0.05) is 16.2 Å². The summed E-state index contributed by atoms with van der Waals surface area (Å²) in [6.45, 7) is 0. The third kappa shape index (κ3) is 4.31. The van der Waals surface area contributed by atoms with E-state index in [0.717, 1.165) is 7.14 Å². The summed E-state index contributed by atoms with van der Waals surface area (Å²) in [5.41, 5.74) is 1.02. The zero-order valence-corrected chi connectivity index (χ0v) is 18.8. The first-order valence-corrected chi connectivity index (χ1v) is 9.94. The molecule has 0 bridgehead atoms. The number of carboxylic acid groups (broad SMARTS) is 1. The van der Waals surface area contributed by atoms with Crippen LogP contribution in [-0.2, 0) is 4.79 Å². The van der Waals surface area contributed by atoms with Crippen LogP contribution >= 0.6 is 67.8 Å². The SMILES string of the molecule is CNC(=O)c1c(I)cc(I)c(OC(C(=O)O)c2ccccc2)c1I. The highest BCUT2D eigenvalue weighted by Crippen LogP contribution is 2.36. The summed E-state index contributed by atoms with van der Waals surface area (Å²) in [6.07, 6.45) is -1.15. The largest absolute Gasteiger partial charge is 0.478 e. The lowest BCUT2D eigenvalue weighted by molar-refractivity contribution is -0.145. The molecule has 8 heteroatoms. The van der Waals surface area contributed by atoms with Crippen molar-refractivity contribution in [1.82, 2.24) is 5.32 Å². The van der Waals surface area contributed by atoms with Gasteiger partial charge in [-0.25, -0.2) is 4.79 Å². The summed E-state index contributed by atoms with van der Waals surface area (Å²) in [7, 11) is 1.55. The highest BCUT2D eigenvalue weighted by Gasteiger charge is 2.26. The van der Waals surface area contributed by atoms with Crippen molar-refractivity contribution in [3.8, 4) is 5.75 Å². The minimum Gasteiger partial charge on any atom is -0.478 e. The number of carbonyl (C=O) groups is 2. The summed E-state index contributed by atoms with van der Waals surface area (Å²) >= 11 is 6.18. The van der Waals surface area contributed by atoms with Gasteiger partial charge in [-0.05, 0) is 73.8 Å². The second-order valence-corrected chi connectivity index (χ2v) is 8.09. The van der Waals surface area contributed by atoms with Gasteiger partial charge in [-0.2, -0.15) is 0 Å². The van der Waals surface area contributed by atoms with Gasteiger partial charge in [-0.1, -0.05) is 30.3 Å². The molecule has 2 aromatic rings. The molecular formula is C16H12I3NO4. The van der Waals surface area contributed by atoms with Gasteiger partial charge in [0.15, 0.2) is 0 Å². The molecule has 0 radical (unpaired) electrons. The van der Waals surface area contributed by atoms with Crippen LogP contribution in [0.25, 0.3) is 0 Å². The second kappa shape index (κ2) is 8.65. The predicted octanol–water partition coefficient (Wildman–Crippen LogP) is 4.06. The van der Waals surface area contributed by atoms with Crippen molar-refractivity contribution in [3.05, 3.63) is 58.2 Å². The molecule has 5 nitrogen and oxygen atoms in total. The smallest absolute Gasteiger partial charge is 0.349 e. The van der Waals surface area contributed by atoms with Crippen molar-refractivity contribution in [2.75, 3.05) is 7.05 Å². The molecule has 1 amide bonds. The van der Waals surface area contributed by atoms with Gasteiger partial charge in [0.2, 0.25) is 6.10 Å². The van der Waals surface area contributed by atoms with Gasteiger partial charge in [-0.3, -0.25) is 4.79 Å². The van der Waals surface area contributed by atoms with Crippen LogP contribution in [-0.4, -0.2) is 24.0 Å². The van der Waals surface area contributed by atoms with Crippen LogP contribution in [0.3, 0.4) is 0 Å². The Morgan fingerprint density at radius 1 is 1.12 bits per heavy atom. The van der Waals surface area contributed by atoms with E-state index in [0.29, 0.717) is 20.4 Å². The maximum absolute atomic E-state index is 12.1. The third-order valence-electron chi connectivity index (χ3n) is 3.14. The number of hydrogen-bond donors (Lipinski definition) is 2. The van der Waals surface area contributed by atoms with E-state index in [-0.39, 0.29) is 5.91 Å². The van der Waals surface area contributed by atoms with Crippen LogP contribution in [0.15, 0.2) is 36.4 Å². The molecule has 0 aromatic heterocycles. The number of amides is 1. The summed E-state index contributed by atoms with van der Waals surface area (Å²) in [4.78, 5) is 23.8. The first-order valence-electron chi connectivity index (χ1n) is 6.70. The van der Waals surface area contributed by atoms with Crippen LogP contribution in [0.4, 0.5) is 0 Å². The van der Waals surface area contributed by atoms with E-state index in [4.69, 9.17) is 4.74 Å². The lowest BCUT2D eigenvalue weighted by atomic mass is 10.1. The molecule has 2 N–H and O–H groups in total. The number of benzene rings is 2. The van der Waals surface area contributed by atoms with E-state index < -0.39 is 12.1 Å². The molecule has 0 saturated heterocycles. The Hall–Kier alpha value is -0.630. The van der Waals surface area contributed by atoms with E-state index in [9.17, 15) is 14.7 Å². The molecular weight excluding hydrogens is 651 g/mol. The monoisotopic (exact) mass is 663 g/mol. The van der Waals surface area contributed by atoms with Crippen molar-refractivity contribution >= 4 is 79.6 Å². The van der Waals surface area contributed by atoms with Gasteiger partial charge in [0.05, 0.1) is 12.7 Å². The molecule has 0 spiro atoms. The van der Waals surface area contributed by atoms with Crippen molar-refractivity contribution in [2.45, 2.75) is 6.10 Å². The van der Waals surface area contributed by atoms with Crippen molar-refractivity contribution in [1.29, 1.82) is 0 Å². The van der Waals surface area contributed by atoms with E-state index in [2.05, 4.69) is 50.5 Å². The van der Waals surface area contributed by atoms with Crippen LogP contribution in [0.5, 0.6) is 5.75 Å². The zero-order valence-electron chi connectivity index (χ0n) is 12.3. The van der Waals surface area contributed by atoms with E-state index in [1.165, 1.54) is 0 Å². The topological polar surface area (TPSA) is 75.6 Å². The Bertz CT molecular complexity index is 781. The number of hydrogen-bond acceptors (Lipinski definition) is 3. The quantitative estimate of drug-likeness (QED) is 0.474. The zero-order chi connectivity index (χ0) is 17.9. The minimum atomic E-state index is -1.15. The maximum Gasteiger partial charge on any atom is 0.349 e. The fourth-order valence-corrected chi connectivity index (χ4v) is 6.14. The van der Waals surface area contributed by atoms with Crippen LogP contribution < -0.4 is 10.1 Å². The molecule has 2 rings (SSSR count). The normalized spacial score (nSPS) is 11.7. The summed E-state index contributed by atoms with van der Waals surface area (Å²) in [5, 5.41) is 12.1. The fraction of sp³-hybridized carbons (Fsp3) is 0.125. The standard InChI is InChI=1S/C16H12I3NO4/c1-20-15(21)11-9(17)7-10(18)14(12(11)19)24-13(16(22)23)8-5-3-2-4-6-8/h2-7,13H,1H3,(H,20,21)(H,22,23). The van der Waals surface area contributed by atoms with Crippen molar-refractivity contribution in [2.24, 2.45) is 0 Å². The van der Waals surface area contributed by atoms with Crippen LogP contribution in [0.2, 0.25) is 0 Å². The second-order valence-electron chi connectivity index (χ2n) is 4.68. The molecule has 24 heavy (non-hydrogen) atoms. The Morgan fingerprint density at radius 3 is 2.29 bits per heavy atom. The highest BCUT2D eigenvalue weighted by atomic mass is 127. The van der Waals surface area contributed by atoms with Gasteiger partial charge in [0.25, 0.3) is 5.91 Å². The van der Waals surface area contributed by atoms with Crippen molar-refractivity contribution in [3.63, 3.8) is 0 Å². The summed E-state index contributed by atoms with van der Waals surface area (Å²) in [6, 6.07) is 10.5. The molecule has 0 fully saturated rings. The third-order valence-corrected chi connectivity index (χ3v) is 5.83. The Balaban J connectivity index is 2.51. The van der Waals surface area contributed by atoms with E-state index in [1.54, 1.807) is 37.4 Å². The van der Waals surface area contributed by atoms with Crippen LogP contribution in [0, 0.1) is 10.7 Å². The summed E-state index contributed by atoms with van der Waals surface area (Å²) < 4.78 is 7.93. The molecule has 0 saturated carbocycles. The Kier molecular flexibility index (Phi) is 7.10. The predicted molar refractivity (Wildman–Crippen MR) is 115 cm³/mol. The van der Waals surface area contributed by atoms with Gasteiger partial charge >= 0.3 is 5.97 Å². The number of carbonyl (C=O) groups excluding carboxylic acids is 1. The number of nitrogens with one attached hydrogen (secondary N) is 1.